The quantitative estimate of drug-likeness (QED) is 0.366. The molecule has 0 aliphatic heterocycles. The summed E-state index contributed by atoms with van der Waals surface area (Å²) in [4.78, 5) is 32.8. The lowest BCUT2D eigenvalue weighted by molar-refractivity contribution is -0.121. The number of allylic oxidation sites excluding steroid dienone is 3. The standard InChI is InChI=1S/C29H34ClN3O5.CH4/c1-8-33(9-2)20-10-11-21(17(3)12-20)31-22-16-23(28(35)27(30)18(22)4)32-26(34)15-19-13-24(36-5)29(38-7)25(14-19)37-6;/h10-14,16H,8-9,15H2,1-7H3,(H,32,34);1H4. The molecule has 0 saturated carbocycles. The number of carbonyl (C=O) groups is 2. The summed E-state index contributed by atoms with van der Waals surface area (Å²) in [6.45, 7) is 9.78. The Bertz CT molecular complexity index is 1300. The van der Waals surface area contributed by atoms with Crippen LogP contribution in [0.1, 0.15) is 39.3 Å². The van der Waals surface area contributed by atoms with Crippen LogP contribution < -0.4 is 24.4 Å². The maximum Gasteiger partial charge on any atom is 0.228 e. The summed E-state index contributed by atoms with van der Waals surface area (Å²) in [5, 5.41) is 2.72. The van der Waals surface area contributed by atoms with Gasteiger partial charge in [-0.2, -0.15) is 0 Å². The molecule has 0 radical (unpaired) electrons. The number of benzene rings is 2. The second kappa shape index (κ2) is 13.8. The lowest BCUT2D eigenvalue weighted by Gasteiger charge is -2.22. The molecule has 39 heavy (non-hydrogen) atoms. The number of methoxy groups -OCH3 is 3. The van der Waals surface area contributed by atoms with Crippen LogP contribution in [0.2, 0.25) is 0 Å². The number of carbonyl (C=O) groups excluding carboxylic acids is 2. The van der Waals surface area contributed by atoms with Crippen molar-refractivity contribution in [2.75, 3.05) is 39.3 Å². The van der Waals surface area contributed by atoms with Gasteiger partial charge >= 0.3 is 0 Å². The maximum atomic E-state index is 12.9. The van der Waals surface area contributed by atoms with Gasteiger partial charge in [0.1, 0.15) is 0 Å². The molecule has 0 heterocycles. The van der Waals surface area contributed by atoms with E-state index < -0.39 is 11.7 Å². The number of ether oxygens (including phenoxy) is 3. The van der Waals surface area contributed by atoms with Gasteiger partial charge < -0.3 is 24.4 Å². The van der Waals surface area contributed by atoms with Gasteiger partial charge in [0.05, 0.1) is 49.9 Å². The van der Waals surface area contributed by atoms with Crippen molar-refractivity contribution in [3.8, 4) is 17.2 Å². The number of hydrogen-bond acceptors (Lipinski definition) is 7. The van der Waals surface area contributed by atoms with E-state index in [1.807, 2.05) is 19.1 Å². The molecule has 0 fully saturated rings. The predicted molar refractivity (Wildman–Crippen MR) is 158 cm³/mol. The largest absolute Gasteiger partial charge is 0.493 e. The predicted octanol–water partition coefficient (Wildman–Crippen LogP) is 5.91. The average molecular weight is 556 g/mol. The summed E-state index contributed by atoms with van der Waals surface area (Å²) in [6, 6.07) is 9.44. The Labute approximate surface area is 236 Å². The molecule has 1 aliphatic carbocycles. The summed E-state index contributed by atoms with van der Waals surface area (Å²) in [5.74, 6) is 0.428. The highest BCUT2D eigenvalue weighted by molar-refractivity contribution is 6.49. The fourth-order valence-electron chi connectivity index (χ4n) is 4.22. The van der Waals surface area contributed by atoms with E-state index in [1.54, 1.807) is 25.1 Å². The minimum atomic E-state index is -0.463. The van der Waals surface area contributed by atoms with Gasteiger partial charge in [0.25, 0.3) is 0 Å². The van der Waals surface area contributed by atoms with Gasteiger partial charge in [-0.25, -0.2) is 4.99 Å². The van der Waals surface area contributed by atoms with Crippen molar-refractivity contribution in [2.24, 2.45) is 4.99 Å². The highest BCUT2D eigenvalue weighted by atomic mass is 35.5. The molecule has 0 bridgehead atoms. The Morgan fingerprint density at radius 2 is 1.62 bits per heavy atom. The van der Waals surface area contributed by atoms with Gasteiger partial charge in [-0.3, -0.25) is 9.59 Å². The van der Waals surface area contributed by atoms with Crippen LogP contribution in [0.5, 0.6) is 17.2 Å². The topological polar surface area (TPSA) is 89.5 Å². The SMILES string of the molecule is C.CCN(CC)c1ccc(N=C2C=C(NC(=O)Cc3cc(OC)c(OC)c(OC)c3)C(=O)C(Cl)=C2C)c(C)c1. The molecule has 1 amide bonds. The normalized spacial score (nSPS) is 14.0. The van der Waals surface area contributed by atoms with Gasteiger partial charge in [0, 0.05) is 18.8 Å². The molecule has 9 heteroatoms. The van der Waals surface area contributed by atoms with E-state index in [1.165, 1.54) is 21.3 Å². The number of halogens is 1. The number of anilines is 1. The molecule has 0 saturated heterocycles. The van der Waals surface area contributed by atoms with Crippen LogP contribution in [0, 0.1) is 6.92 Å². The van der Waals surface area contributed by atoms with E-state index in [4.69, 9.17) is 30.8 Å². The summed E-state index contributed by atoms with van der Waals surface area (Å²) in [5.41, 5.74) is 4.61. The first-order valence-electron chi connectivity index (χ1n) is 12.3. The molecule has 2 aromatic rings. The zero-order valence-electron chi connectivity index (χ0n) is 22.9. The van der Waals surface area contributed by atoms with Crippen LogP contribution >= 0.6 is 11.6 Å². The minimum absolute atomic E-state index is 0. The zero-order chi connectivity index (χ0) is 28.0. The van der Waals surface area contributed by atoms with E-state index in [-0.39, 0.29) is 24.6 Å². The molecular formula is C30H38ClN3O5. The number of rotatable bonds is 10. The fraction of sp³-hybridized carbons (Fsp3) is 0.367. The highest BCUT2D eigenvalue weighted by Gasteiger charge is 2.26. The van der Waals surface area contributed by atoms with Crippen molar-refractivity contribution in [2.45, 2.75) is 41.5 Å². The number of amides is 1. The number of ketones is 1. The molecule has 8 nitrogen and oxygen atoms in total. The molecular weight excluding hydrogens is 518 g/mol. The van der Waals surface area contributed by atoms with E-state index in [9.17, 15) is 9.59 Å². The van der Waals surface area contributed by atoms with Crippen LogP contribution in [-0.2, 0) is 16.0 Å². The Hall–Kier alpha value is -3.78. The van der Waals surface area contributed by atoms with Crippen molar-refractivity contribution in [1.82, 2.24) is 5.32 Å². The van der Waals surface area contributed by atoms with Crippen molar-refractivity contribution >= 4 is 40.4 Å². The Morgan fingerprint density at radius 3 is 2.13 bits per heavy atom. The smallest absolute Gasteiger partial charge is 0.228 e. The van der Waals surface area contributed by atoms with Crippen molar-refractivity contribution in [1.29, 1.82) is 0 Å². The summed E-state index contributed by atoms with van der Waals surface area (Å²) < 4.78 is 16.1. The molecule has 1 aliphatic rings. The summed E-state index contributed by atoms with van der Waals surface area (Å²) in [6.07, 6.45) is 1.54. The third-order valence-corrected chi connectivity index (χ3v) is 6.81. The monoisotopic (exact) mass is 555 g/mol. The van der Waals surface area contributed by atoms with Gasteiger partial charge in [0.15, 0.2) is 11.5 Å². The third-order valence-electron chi connectivity index (χ3n) is 6.35. The van der Waals surface area contributed by atoms with Gasteiger partial charge in [-0.1, -0.05) is 19.0 Å². The van der Waals surface area contributed by atoms with Crippen molar-refractivity contribution in [3.63, 3.8) is 0 Å². The first-order chi connectivity index (χ1) is 18.2. The van der Waals surface area contributed by atoms with E-state index in [0.29, 0.717) is 34.1 Å². The van der Waals surface area contributed by atoms with Crippen LogP contribution in [0.4, 0.5) is 11.4 Å². The number of aryl methyl sites for hydroxylation is 1. The number of nitrogens with zero attached hydrogens (tertiary/aromatic N) is 2. The number of nitrogens with one attached hydrogen (secondary N) is 1. The van der Waals surface area contributed by atoms with Crippen LogP contribution in [-0.4, -0.2) is 51.8 Å². The number of hydrogen-bond donors (Lipinski definition) is 1. The third kappa shape index (κ3) is 7.00. The van der Waals surface area contributed by atoms with Gasteiger partial charge in [-0.05, 0) is 80.8 Å². The van der Waals surface area contributed by atoms with Crippen LogP contribution in [0.15, 0.2) is 57.7 Å². The number of Topliss-reactive ketones (excluding diaryl/α,β-unsaturated/α-hetero) is 1. The minimum Gasteiger partial charge on any atom is -0.493 e. The average Bonchev–Trinajstić information content (AvgIpc) is 2.91. The molecule has 0 aromatic heterocycles. The van der Waals surface area contributed by atoms with Crippen LogP contribution in [0.3, 0.4) is 0 Å². The molecule has 0 unspecified atom stereocenters. The number of aliphatic imine (C=N–C) groups is 1. The molecule has 0 atom stereocenters. The van der Waals surface area contributed by atoms with E-state index in [0.717, 1.165) is 30.0 Å². The second-order valence-electron chi connectivity index (χ2n) is 8.72. The molecule has 210 valence electrons. The van der Waals surface area contributed by atoms with Crippen LogP contribution in [0.25, 0.3) is 0 Å². The Morgan fingerprint density at radius 1 is 1.00 bits per heavy atom. The first kappa shape index (κ1) is 31.4. The summed E-state index contributed by atoms with van der Waals surface area (Å²) >= 11 is 6.38. The molecule has 0 spiro atoms. The van der Waals surface area contributed by atoms with Gasteiger partial charge in [0.2, 0.25) is 17.4 Å². The van der Waals surface area contributed by atoms with Gasteiger partial charge in [-0.15, -0.1) is 0 Å². The van der Waals surface area contributed by atoms with Crippen molar-refractivity contribution in [3.05, 3.63) is 63.8 Å². The Kier molecular flexibility index (Phi) is 11.2. The summed E-state index contributed by atoms with van der Waals surface area (Å²) in [7, 11) is 4.51. The molecule has 1 N–H and O–H groups in total. The van der Waals surface area contributed by atoms with E-state index in [2.05, 4.69) is 30.1 Å². The highest BCUT2D eigenvalue weighted by Crippen LogP contribution is 2.38. The maximum absolute atomic E-state index is 12.9. The van der Waals surface area contributed by atoms with Crippen molar-refractivity contribution < 1.29 is 23.8 Å². The fourth-order valence-corrected chi connectivity index (χ4v) is 4.42. The Balaban J connectivity index is 0.00000533. The zero-order valence-corrected chi connectivity index (χ0v) is 23.7. The first-order valence-corrected chi connectivity index (χ1v) is 12.7. The second-order valence-corrected chi connectivity index (χ2v) is 9.10. The molecule has 3 rings (SSSR count). The van der Waals surface area contributed by atoms with E-state index >= 15 is 0 Å². The lowest BCUT2D eigenvalue weighted by atomic mass is 10.0. The lowest BCUT2D eigenvalue weighted by Crippen LogP contribution is -2.32. The molecule has 2 aromatic carbocycles.